The zero-order chi connectivity index (χ0) is 19.9. The van der Waals surface area contributed by atoms with Gasteiger partial charge in [-0.25, -0.2) is 8.42 Å². The van der Waals surface area contributed by atoms with Gasteiger partial charge < -0.3 is 5.11 Å². The van der Waals surface area contributed by atoms with E-state index in [9.17, 15) is 21.9 Å². The Balaban J connectivity index is 1.79. The molecule has 152 valence electrons. The van der Waals surface area contributed by atoms with Crippen LogP contribution in [0.1, 0.15) is 32.1 Å². The van der Waals surface area contributed by atoms with Crippen molar-refractivity contribution in [2.45, 2.75) is 43.1 Å². The first kappa shape index (κ1) is 20.5. The van der Waals surface area contributed by atoms with Crippen LogP contribution in [0.5, 0.6) is 0 Å². The van der Waals surface area contributed by atoms with Crippen molar-refractivity contribution < 1.29 is 21.9 Å². The number of anilines is 1. The Hall–Kier alpha value is -1.20. The van der Waals surface area contributed by atoms with Gasteiger partial charge >= 0.3 is 10.2 Å². The lowest BCUT2D eigenvalue weighted by atomic mass is 9.77. The molecular weight excluding hydrogens is 390 g/mol. The highest BCUT2D eigenvalue weighted by Crippen LogP contribution is 2.46. The number of nitrogens with zero attached hydrogens (tertiary/aromatic N) is 2. The van der Waals surface area contributed by atoms with Gasteiger partial charge in [0, 0.05) is 38.3 Å². The average molecular weight is 418 g/mol. The van der Waals surface area contributed by atoms with E-state index in [0.29, 0.717) is 18.8 Å². The smallest absolute Gasteiger partial charge is 0.301 e. The molecule has 2 fully saturated rings. The molecule has 3 rings (SSSR count). The van der Waals surface area contributed by atoms with Crippen LogP contribution in [0.4, 0.5) is 5.69 Å². The zero-order valence-corrected chi connectivity index (χ0v) is 17.3. The van der Waals surface area contributed by atoms with Crippen molar-refractivity contribution >= 4 is 25.9 Å². The standard InChI is InChI=1S/C17H27N3O5S2/c1-19(2)27(24,25)18-14-6-8-15(9-7-14)26(22,23)20-12-4-11-17(13-20)10-3-5-16(17)21/h6-9,16,18,21H,3-5,10-13H2,1-2H3/t16-,17-/m1/s1. The van der Waals surface area contributed by atoms with Gasteiger partial charge in [-0.2, -0.15) is 17.0 Å². The number of benzene rings is 1. The fourth-order valence-corrected chi connectivity index (χ4v) is 6.19. The lowest BCUT2D eigenvalue weighted by Gasteiger charge is -2.41. The Morgan fingerprint density at radius 2 is 1.74 bits per heavy atom. The third-order valence-electron chi connectivity index (χ3n) is 5.65. The molecule has 2 N–H and O–H groups in total. The van der Waals surface area contributed by atoms with E-state index < -0.39 is 26.3 Å². The van der Waals surface area contributed by atoms with E-state index in [-0.39, 0.29) is 10.3 Å². The predicted molar refractivity (Wildman–Crippen MR) is 103 cm³/mol. The highest BCUT2D eigenvalue weighted by molar-refractivity contribution is 7.90. The summed E-state index contributed by atoms with van der Waals surface area (Å²) in [5.41, 5.74) is -0.0314. The quantitative estimate of drug-likeness (QED) is 0.749. The van der Waals surface area contributed by atoms with Gasteiger partial charge in [-0.3, -0.25) is 4.72 Å². The Labute approximate surface area is 161 Å². The monoisotopic (exact) mass is 417 g/mol. The highest BCUT2D eigenvalue weighted by atomic mass is 32.2. The van der Waals surface area contributed by atoms with Crippen LogP contribution >= 0.6 is 0 Å². The Morgan fingerprint density at radius 1 is 1.11 bits per heavy atom. The summed E-state index contributed by atoms with van der Waals surface area (Å²) in [5.74, 6) is 0. The Morgan fingerprint density at radius 3 is 2.30 bits per heavy atom. The number of rotatable bonds is 5. The van der Waals surface area contributed by atoms with Crippen LogP contribution in [-0.4, -0.2) is 63.8 Å². The molecule has 10 heteroatoms. The van der Waals surface area contributed by atoms with Gasteiger partial charge in [0.25, 0.3) is 0 Å². The minimum Gasteiger partial charge on any atom is -0.392 e. The van der Waals surface area contributed by atoms with Gasteiger partial charge in [0.1, 0.15) is 0 Å². The molecule has 2 atom stereocenters. The summed E-state index contributed by atoms with van der Waals surface area (Å²) in [6.45, 7) is 0.775. The summed E-state index contributed by atoms with van der Waals surface area (Å²) >= 11 is 0. The van der Waals surface area contributed by atoms with Crippen LogP contribution in [0.15, 0.2) is 29.2 Å². The van der Waals surface area contributed by atoms with E-state index in [1.165, 1.54) is 42.7 Å². The summed E-state index contributed by atoms with van der Waals surface area (Å²) in [5, 5.41) is 10.4. The molecule has 1 aromatic rings. The van der Waals surface area contributed by atoms with E-state index in [4.69, 9.17) is 0 Å². The largest absolute Gasteiger partial charge is 0.392 e. The second-order valence-electron chi connectivity index (χ2n) is 7.63. The van der Waals surface area contributed by atoms with Crippen molar-refractivity contribution in [3.63, 3.8) is 0 Å². The fourth-order valence-electron chi connectivity index (χ4n) is 4.00. The van der Waals surface area contributed by atoms with Gasteiger partial charge in [-0.05, 0) is 49.9 Å². The number of hydrogen-bond acceptors (Lipinski definition) is 5. The third kappa shape index (κ3) is 4.00. The highest BCUT2D eigenvalue weighted by Gasteiger charge is 2.47. The van der Waals surface area contributed by atoms with E-state index in [1.807, 2.05) is 0 Å². The van der Waals surface area contributed by atoms with E-state index in [2.05, 4.69) is 4.72 Å². The number of hydrogen-bond donors (Lipinski definition) is 2. The summed E-state index contributed by atoms with van der Waals surface area (Å²) in [7, 11) is -4.52. The lowest BCUT2D eigenvalue weighted by Crippen LogP contribution is -2.49. The van der Waals surface area contributed by atoms with Crippen molar-refractivity contribution in [2.75, 3.05) is 31.9 Å². The van der Waals surface area contributed by atoms with E-state index >= 15 is 0 Å². The number of nitrogens with one attached hydrogen (secondary N) is 1. The molecule has 1 saturated heterocycles. The van der Waals surface area contributed by atoms with Gasteiger partial charge in [-0.1, -0.05) is 6.42 Å². The first-order valence-corrected chi connectivity index (χ1v) is 11.9. The minimum absolute atomic E-state index is 0.125. The van der Waals surface area contributed by atoms with Crippen molar-refractivity contribution in [2.24, 2.45) is 5.41 Å². The lowest BCUT2D eigenvalue weighted by molar-refractivity contribution is 0.0127. The van der Waals surface area contributed by atoms with Gasteiger partial charge in [0.05, 0.1) is 11.0 Å². The molecule has 1 aliphatic carbocycles. The maximum absolute atomic E-state index is 13.0. The van der Waals surface area contributed by atoms with Crippen LogP contribution in [0, 0.1) is 5.41 Å². The molecule has 0 radical (unpaired) electrons. The van der Waals surface area contributed by atoms with Gasteiger partial charge in [-0.15, -0.1) is 0 Å². The fraction of sp³-hybridized carbons (Fsp3) is 0.647. The van der Waals surface area contributed by atoms with Gasteiger partial charge in [0.2, 0.25) is 10.0 Å². The molecule has 1 aliphatic heterocycles. The van der Waals surface area contributed by atoms with Crippen LogP contribution in [-0.2, 0) is 20.2 Å². The molecule has 27 heavy (non-hydrogen) atoms. The predicted octanol–water partition coefficient (Wildman–Crippen LogP) is 1.22. The van der Waals surface area contributed by atoms with Crippen LogP contribution in [0.3, 0.4) is 0 Å². The molecular formula is C17H27N3O5S2. The van der Waals surface area contributed by atoms with Crippen LogP contribution in [0.2, 0.25) is 0 Å². The second kappa shape index (κ2) is 7.32. The second-order valence-corrected chi connectivity index (χ2v) is 11.4. The normalized spacial score (nSPS) is 27.3. The van der Waals surface area contributed by atoms with Crippen molar-refractivity contribution in [1.29, 1.82) is 0 Å². The minimum atomic E-state index is -3.69. The van der Waals surface area contributed by atoms with Gasteiger partial charge in [0.15, 0.2) is 0 Å². The third-order valence-corrected chi connectivity index (χ3v) is 8.97. The molecule has 0 aromatic heterocycles. The first-order chi connectivity index (χ1) is 12.6. The number of aliphatic hydroxyl groups excluding tert-OH is 1. The zero-order valence-electron chi connectivity index (χ0n) is 15.6. The number of sulfonamides is 1. The molecule has 0 unspecified atom stereocenters. The first-order valence-electron chi connectivity index (χ1n) is 9.05. The molecule has 2 aliphatic rings. The summed E-state index contributed by atoms with van der Waals surface area (Å²) in [6, 6.07) is 5.71. The SMILES string of the molecule is CN(C)S(=O)(=O)Nc1ccc(S(=O)(=O)N2CCC[C@]3(CCC[C@H]3O)C2)cc1. The molecule has 1 spiro atoms. The maximum Gasteiger partial charge on any atom is 0.301 e. The van der Waals surface area contributed by atoms with Crippen LogP contribution in [0.25, 0.3) is 0 Å². The van der Waals surface area contributed by atoms with Crippen LogP contribution < -0.4 is 4.72 Å². The summed E-state index contributed by atoms with van der Waals surface area (Å²) in [4.78, 5) is 0.125. The van der Waals surface area contributed by atoms with Crippen molar-refractivity contribution in [3.05, 3.63) is 24.3 Å². The topological polar surface area (TPSA) is 107 Å². The number of aliphatic hydroxyl groups is 1. The molecule has 1 aromatic carbocycles. The van der Waals surface area contributed by atoms with Crippen molar-refractivity contribution in [3.8, 4) is 0 Å². The molecule has 0 bridgehead atoms. The molecule has 1 saturated carbocycles. The summed E-state index contributed by atoms with van der Waals surface area (Å²) in [6.07, 6.45) is 3.65. The summed E-state index contributed by atoms with van der Waals surface area (Å²) < 4.78 is 54.7. The Kier molecular flexibility index (Phi) is 5.57. The Bertz CT molecular complexity index is 884. The maximum atomic E-state index is 13.0. The molecule has 0 amide bonds. The van der Waals surface area contributed by atoms with E-state index in [0.717, 1.165) is 36.4 Å². The van der Waals surface area contributed by atoms with E-state index in [1.54, 1.807) is 0 Å². The average Bonchev–Trinajstić information content (AvgIpc) is 2.95. The van der Waals surface area contributed by atoms with Crippen molar-refractivity contribution in [1.82, 2.24) is 8.61 Å². The number of piperidine rings is 1. The molecule has 8 nitrogen and oxygen atoms in total. The molecule has 1 heterocycles.